The lowest BCUT2D eigenvalue weighted by molar-refractivity contribution is -0.897. The number of rotatable bonds is 4. The Morgan fingerprint density at radius 2 is 1.77 bits per heavy atom. The highest BCUT2D eigenvalue weighted by Gasteiger charge is 2.32. The summed E-state index contributed by atoms with van der Waals surface area (Å²) in [5, 5.41) is 0.346. The second kappa shape index (κ2) is 7.32. The van der Waals surface area contributed by atoms with Crippen LogP contribution in [0, 0.1) is 0 Å². The van der Waals surface area contributed by atoms with Crippen LogP contribution in [0.5, 0.6) is 0 Å². The van der Waals surface area contributed by atoms with E-state index in [0.29, 0.717) is 13.1 Å². The average Bonchev–Trinajstić information content (AvgIpc) is 2.45. The minimum Gasteiger partial charge on any atom is -0.329 e. The van der Waals surface area contributed by atoms with Gasteiger partial charge in [-0.2, -0.15) is 4.31 Å². The van der Waals surface area contributed by atoms with Crippen molar-refractivity contribution >= 4 is 33.2 Å². The highest BCUT2D eigenvalue weighted by molar-refractivity contribution is 7.89. The van der Waals surface area contributed by atoms with Crippen LogP contribution >= 0.6 is 23.2 Å². The van der Waals surface area contributed by atoms with Crippen molar-refractivity contribution < 1.29 is 13.3 Å². The Kier molecular flexibility index (Phi) is 5.91. The van der Waals surface area contributed by atoms with E-state index in [1.165, 1.54) is 14.8 Å². The molecule has 1 aromatic rings. The average molecular weight is 364 g/mol. The van der Waals surface area contributed by atoms with Crippen LogP contribution in [-0.2, 0) is 10.0 Å². The molecule has 4 nitrogen and oxygen atoms in total. The number of quaternary nitrogens is 1. The number of nitrogens with zero attached hydrogens (tertiary/aromatic N) is 1. The molecular weight excluding hydrogens is 343 g/mol. The molecule has 1 aromatic carbocycles. The second-order valence-corrected chi connectivity index (χ2v) is 8.38. The number of piperazine rings is 1. The molecule has 0 saturated carbocycles. The van der Waals surface area contributed by atoms with Gasteiger partial charge in [0.25, 0.3) is 0 Å². The lowest BCUT2D eigenvalue weighted by atomic mass is 10.3. The number of halogens is 2. The molecule has 0 spiro atoms. The summed E-state index contributed by atoms with van der Waals surface area (Å²) in [5.41, 5.74) is 1.28. The van der Waals surface area contributed by atoms with E-state index in [9.17, 15) is 8.42 Å². The zero-order valence-corrected chi connectivity index (χ0v) is 15.1. The van der Waals surface area contributed by atoms with Crippen molar-refractivity contribution in [1.82, 2.24) is 4.31 Å². The summed E-state index contributed by atoms with van der Waals surface area (Å²) in [7, 11) is -3.64. The first kappa shape index (κ1) is 17.8. The number of hydrogen-bond donors (Lipinski definition) is 1. The fraction of sp³-hybridized carbons (Fsp3) is 0.467. The van der Waals surface area contributed by atoms with Gasteiger partial charge in [-0.05, 0) is 32.1 Å². The topological polar surface area (TPSA) is 41.8 Å². The van der Waals surface area contributed by atoms with Gasteiger partial charge in [0.1, 0.15) is 4.90 Å². The molecule has 1 aliphatic rings. The van der Waals surface area contributed by atoms with E-state index in [2.05, 4.69) is 19.9 Å². The number of nitrogens with one attached hydrogen (secondary N) is 1. The van der Waals surface area contributed by atoms with E-state index in [0.717, 1.165) is 19.6 Å². The molecule has 122 valence electrons. The molecule has 0 radical (unpaired) electrons. The molecular formula is C15H21Cl2N2O2S+. The summed E-state index contributed by atoms with van der Waals surface area (Å²) in [6.45, 7) is 7.60. The van der Waals surface area contributed by atoms with Crippen molar-refractivity contribution in [3.05, 3.63) is 39.9 Å². The van der Waals surface area contributed by atoms with Gasteiger partial charge in [-0.3, -0.25) is 0 Å². The third kappa shape index (κ3) is 4.03. The Balaban J connectivity index is 2.12. The molecule has 1 fully saturated rings. The van der Waals surface area contributed by atoms with Crippen molar-refractivity contribution in [2.24, 2.45) is 0 Å². The SMILES string of the molecule is CC(C)=CC[NH+]1CCN(S(=O)(=O)c2c(Cl)cccc2Cl)CC1. The van der Waals surface area contributed by atoms with Gasteiger partial charge in [0, 0.05) is 0 Å². The molecule has 0 aliphatic carbocycles. The third-order valence-corrected chi connectivity index (χ3v) is 6.60. The normalized spacial score (nSPS) is 17.5. The van der Waals surface area contributed by atoms with E-state index in [-0.39, 0.29) is 14.9 Å². The number of hydrogen-bond acceptors (Lipinski definition) is 2. The fourth-order valence-electron chi connectivity index (χ4n) is 2.45. The third-order valence-electron chi connectivity index (χ3n) is 3.75. The molecule has 7 heteroatoms. The van der Waals surface area contributed by atoms with E-state index in [1.807, 2.05) is 0 Å². The van der Waals surface area contributed by atoms with Crippen LogP contribution in [0.1, 0.15) is 13.8 Å². The van der Waals surface area contributed by atoms with Crippen LogP contribution in [0.4, 0.5) is 0 Å². The van der Waals surface area contributed by atoms with E-state index < -0.39 is 10.0 Å². The summed E-state index contributed by atoms with van der Waals surface area (Å²) in [4.78, 5) is 1.41. The van der Waals surface area contributed by atoms with Crippen LogP contribution < -0.4 is 4.90 Å². The quantitative estimate of drug-likeness (QED) is 0.829. The molecule has 1 saturated heterocycles. The zero-order valence-electron chi connectivity index (χ0n) is 12.8. The lowest BCUT2D eigenvalue weighted by Crippen LogP contribution is -3.14. The standard InChI is InChI=1S/C15H20Cl2N2O2S/c1-12(2)6-7-18-8-10-19(11-9-18)22(20,21)15-13(16)4-3-5-14(15)17/h3-6H,7-11H2,1-2H3/p+1. The summed E-state index contributed by atoms with van der Waals surface area (Å²) in [6.07, 6.45) is 2.18. The molecule has 0 bridgehead atoms. The molecule has 2 rings (SSSR count). The van der Waals surface area contributed by atoms with E-state index >= 15 is 0 Å². The van der Waals surface area contributed by atoms with Gasteiger partial charge in [0.15, 0.2) is 0 Å². The predicted molar refractivity (Wildman–Crippen MR) is 90.2 cm³/mol. The smallest absolute Gasteiger partial charge is 0.246 e. The Hall–Kier alpha value is -0.590. The van der Waals surface area contributed by atoms with Gasteiger partial charge in [-0.15, -0.1) is 0 Å². The largest absolute Gasteiger partial charge is 0.329 e. The van der Waals surface area contributed by atoms with Gasteiger partial charge in [0.2, 0.25) is 10.0 Å². The highest BCUT2D eigenvalue weighted by atomic mass is 35.5. The molecule has 0 unspecified atom stereocenters. The van der Waals surface area contributed by atoms with Crippen LogP contribution in [0.2, 0.25) is 10.0 Å². The molecule has 1 heterocycles. The van der Waals surface area contributed by atoms with Gasteiger partial charge in [-0.25, -0.2) is 8.42 Å². The zero-order chi connectivity index (χ0) is 16.3. The van der Waals surface area contributed by atoms with Gasteiger partial charge < -0.3 is 4.90 Å². The first-order valence-electron chi connectivity index (χ1n) is 7.23. The van der Waals surface area contributed by atoms with Crippen LogP contribution in [0.3, 0.4) is 0 Å². The van der Waals surface area contributed by atoms with Crippen molar-refractivity contribution in [3.63, 3.8) is 0 Å². The van der Waals surface area contributed by atoms with E-state index in [4.69, 9.17) is 23.2 Å². The molecule has 1 N–H and O–H groups in total. The highest BCUT2D eigenvalue weighted by Crippen LogP contribution is 2.31. The molecule has 1 aliphatic heterocycles. The van der Waals surface area contributed by atoms with Crippen molar-refractivity contribution in [3.8, 4) is 0 Å². The number of benzene rings is 1. The number of allylic oxidation sites excluding steroid dienone is 1. The van der Waals surface area contributed by atoms with Gasteiger partial charge >= 0.3 is 0 Å². The van der Waals surface area contributed by atoms with Crippen molar-refractivity contribution in [1.29, 1.82) is 0 Å². The molecule has 0 amide bonds. The Morgan fingerprint density at radius 1 is 1.23 bits per heavy atom. The summed E-state index contributed by atoms with van der Waals surface area (Å²) >= 11 is 12.1. The van der Waals surface area contributed by atoms with Crippen LogP contribution in [0.15, 0.2) is 34.7 Å². The summed E-state index contributed by atoms with van der Waals surface area (Å²) < 4.78 is 27.0. The maximum atomic E-state index is 12.7. The minimum absolute atomic E-state index is 0.0195. The summed E-state index contributed by atoms with van der Waals surface area (Å²) in [5.74, 6) is 0. The maximum Gasteiger partial charge on any atom is 0.246 e. The Bertz CT molecular complexity index is 642. The predicted octanol–water partition coefficient (Wildman–Crippen LogP) is 1.85. The molecule has 0 aromatic heterocycles. The van der Waals surface area contributed by atoms with Gasteiger partial charge in [0.05, 0.1) is 42.8 Å². The molecule has 22 heavy (non-hydrogen) atoms. The van der Waals surface area contributed by atoms with Gasteiger partial charge in [-0.1, -0.05) is 34.8 Å². The first-order chi connectivity index (χ1) is 10.3. The Morgan fingerprint density at radius 3 is 2.27 bits per heavy atom. The van der Waals surface area contributed by atoms with Crippen molar-refractivity contribution in [2.75, 3.05) is 32.7 Å². The minimum atomic E-state index is -3.64. The monoisotopic (exact) mass is 363 g/mol. The fourth-order valence-corrected chi connectivity index (χ4v) is 4.99. The van der Waals surface area contributed by atoms with E-state index in [1.54, 1.807) is 18.2 Å². The number of sulfonamides is 1. The lowest BCUT2D eigenvalue weighted by Gasteiger charge is -2.31. The first-order valence-corrected chi connectivity index (χ1v) is 9.43. The van der Waals surface area contributed by atoms with Crippen LogP contribution in [-0.4, -0.2) is 45.4 Å². The maximum absolute atomic E-state index is 12.7. The second-order valence-electron chi connectivity index (χ2n) is 5.69. The van der Waals surface area contributed by atoms with Crippen molar-refractivity contribution in [2.45, 2.75) is 18.7 Å². The Labute approximate surface area is 142 Å². The summed E-state index contributed by atoms with van der Waals surface area (Å²) in [6, 6.07) is 4.75. The van der Waals surface area contributed by atoms with Crippen LogP contribution in [0.25, 0.3) is 0 Å². The molecule has 0 atom stereocenters.